The van der Waals surface area contributed by atoms with Crippen molar-refractivity contribution in [2.75, 3.05) is 18.0 Å². The standard InChI is InChI=1S/C20H25N3O3/c24-18(16-7-3-1-4-8-16)10-11-19(25)22-21-15-17-9-12-20(26-17)23-13-5-2-6-14-23/h1,3-4,7-9,12,15,18,24H,2,5-6,10-11,13-14H2,(H,22,25)/b21-15-/t18-/m0/s1. The van der Waals surface area contributed by atoms with Crippen LogP contribution >= 0.6 is 0 Å². The Labute approximate surface area is 153 Å². The predicted molar refractivity (Wildman–Crippen MR) is 101 cm³/mol. The molecule has 1 aromatic heterocycles. The number of furan rings is 1. The van der Waals surface area contributed by atoms with E-state index in [1.807, 2.05) is 42.5 Å². The van der Waals surface area contributed by atoms with Crippen LogP contribution in [0, 0.1) is 0 Å². The molecule has 0 bridgehead atoms. The second-order valence-electron chi connectivity index (χ2n) is 6.48. The van der Waals surface area contributed by atoms with Crippen LogP contribution in [0.1, 0.15) is 49.5 Å². The lowest BCUT2D eigenvalue weighted by molar-refractivity contribution is -0.121. The number of nitrogens with zero attached hydrogens (tertiary/aromatic N) is 2. The van der Waals surface area contributed by atoms with Gasteiger partial charge in [0.2, 0.25) is 5.91 Å². The van der Waals surface area contributed by atoms with Crippen molar-refractivity contribution in [3.05, 3.63) is 53.8 Å². The molecule has 1 amide bonds. The van der Waals surface area contributed by atoms with Crippen molar-refractivity contribution in [1.82, 2.24) is 5.43 Å². The highest BCUT2D eigenvalue weighted by atomic mass is 16.4. The van der Waals surface area contributed by atoms with E-state index < -0.39 is 6.10 Å². The minimum absolute atomic E-state index is 0.199. The third-order valence-electron chi connectivity index (χ3n) is 4.49. The Hall–Kier alpha value is -2.60. The fraction of sp³-hybridized carbons (Fsp3) is 0.400. The Morgan fingerprint density at radius 3 is 2.73 bits per heavy atom. The van der Waals surface area contributed by atoms with E-state index in [4.69, 9.17) is 4.42 Å². The minimum atomic E-state index is -0.650. The molecule has 0 radical (unpaired) electrons. The second kappa shape index (κ2) is 9.20. The van der Waals surface area contributed by atoms with Crippen molar-refractivity contribution in [2.45, 2.75) is 38.2 Å². The summed E-state index contributed by atoms with van der Waals surface area (Å²) in [5, 5.41) is 14.0. The van der Waals surface area contributed by atoms with Crippen LogP contribution in [0.5, 0.6) is 0 Å². The largest absolute Gasteiger partial charge is 0.440 e. The summed E-state index contributed by atoms with van der Waals surface area (Å²) in [5.41, 5.74) is 3.28. The third kappa shape index (κ3) is 5.20. The normalized spacial score (nSPS) is 16.0. The van der Waals surface area contributed by atoms with Crippen LogP contribution in [0.25, 0.3) is 0 Å². The molecule has 138 valence electrons. The zero-order chi connectivity index (χ0) is 18.2. The van der Waals surface area contributed by atoms with Crippen LogP contribution < -0.4 is 10.3 Å². The van der Waals surface area contributed by atoms with E-state index in [0.29, 0.717) is 12.2 Å². The van der Waals surface area contributed by atoms with Gasteiger partial charge in [0.1, 0.15) is 5.76 Å². The first-order valence-corrected chi connectivity index (χ1v) is 9.12. The van der Waals surface area contributed by atoms with E-state index in [9.17, 15) is 9.90 Å². The van der Waals surface area contributed by atoms with E-state index >= 15 is 0 Å². The van der Waals surface area contributed by atoms with Crippen molar-refractivity contribution in [2.24, 2.45) is 5.10 Å². The van der Waals surface area contributed by atoms with Gasteiger partial charge in [-0.2, -0.15) is 5.10 Å². The molecule has 2 aromatic rings. The summed E-state index contributed by atoms with van der Waals surface area (Å²) in [6.45, 7) is 2.04. The van der Waals surface area contributed by atoms with E-state index in [-0.39, 0.29) is 12.3 Å². The van der Waals surface area contributed by atoms with Gasteiger partial charge in [-0.05, 0) is 37.3 Å². The van der Waals surface area contributed by atoms with Gasteiger partial charge in [-0.3, -0.25) is 4.79 Å². The fourth-order valence-corrected chi connectivity index (χ4v) is 3.03. The predicted octanol–water partition coefficient (Wildman–Crippen LogP) is 3.23. The maximum atomic E-state index is 11.8. The number of benzene rings is 1. The molecule has 2 N–H and O–H groups in total. The Kier molecular flexibility index (Phi) is 6.44. The molecule has 1 aliphatic heterocycles. The highest BCUT2D eigenvalue weighted by Gasteiger charge is 2.14. The molecule has 6 heteroatoms. The summed E-state index contributed by atoms with van der Waals surface area (Å²) in [6.07, 6.45) is 5.05. The first kappa shape index (κ1) is 18.2. The molecule has 6 nitrogen and oxygen atoms in total. The van der Waals surface area contributed by atoms with Crippen molar-refractivity contribution in [3.8, 4) is 0 Å². The van der Waals surface area contributed by atoms with Crippen LogP contribution in [-0.2, 0) is 4.79 Å². The number of piperidine rings is 1. The number of aliphatic hydroxyl groups excluding tert-OH is 1. The molecule has 0 spiro atoms. The summed E-state index contributed by atoms with van der Waals surface area (Å²) in [4.78, 5) is 14.1. The Balaban J connectivity index is 1.42. The fourth-order valence-electron chi connectivity index (χ4n) is 3.03. The van der Waals surface area contributed by atoms with Gasteiger partial charge in [-0.15, -0.1) is 0 Å². The molecule has 1 fully saturated rings. The molecule has 1 atom stereocenters. The highest BCUT2D eigenvalue weighted by molar-refractivity contribution is 5.80. The van der Waals surface area contributed by atoms with E-state index in [1.165, 1.54) is 25.5 Å². The number of amides is 1. The molecule has 3 rings (SSSR count). The topological polar surface area (TPSA) is 78.1 Å². The second-order valence-corrected chi connectivity index (χ2v) is 6.48. The van der Waals surface area contributed by atoms with Crippen LogP contribution in [0.4, 0.5) is 5.88 Å². The van der Waals surface area contributed by atoms with Crippen LogP contribution in [-0.4, -0.2) is 30.3 Å². The Morgan fingerprint density at radius 2 is 1.96 bits per heavy atom. The van der Waals surface area contributed by atoms with Gasteiger partial charge < -0.3 is 14.4 Å². The smallest absolute Gasteiger partial charge is 0.240 e. The number of hydrogen-bond acceptors (Lipinski definition) is 5. The van der Waals surface area contributed by atoms with Crippen LogP contribution in [0.15, 0.2) is 52.0 Å². The molecule has 1 aromatic carbocycles. The monoisotopic (exact) mass is 355 g/mol. The van der Waals surface area contributed by atoms with Crippen LogP contribution in [0.3, 0.4) is 0 Å². The summed E-state index contributed by atoms with van der Waals surface area (Å²) < 4.78 is 5.75. The van der Waals surface area contributed by atoms with Gasteiger partial charge in [-0.1, -0.05) is 30.3 Å². The number of anilines is 1. The number of rotatable bonds is 7. The summed E-state index contributed by atoms with van der Waals surface area (Å²) in [6, 6.07) is 13.1. The SMILES string of the molecule is O=C(CC[C@H](O)c1ccccc1)N/N=C\c1ccc(N2CCCCC2)o1. The number of hydrogen-bond donors (Lipinski definition) is 2. The van der Waals surface area contributed by atoms with Crippen molar-refractivity contribution in [1.29, 1.82) is 0 Å². The van der Waals surface area contributed by atoms with E-state index in [2.05, 4.69) is 15.4 Å². The van der Waals surface area contributed by atoms with Gasteiger partial charge in [0, 0.05) is 25.6 Å². The first-order valence-electron chi connectivity index (χ1n) is 9.12. The third-order valence-corrected chi connectivity index (χ3v) is 4.49. The zero-order valence-electron chi connectivity index (χ0n) is 14.8. The number of aliphatic hydroxyl groups is 1. The molecular formula is C20H25N3O3. The lowest BCUT2D eigenvalue weighted by Gasteiger charge is -2.25. The molecule has 1 aliphatic rings. The summed E-state index contributed by atoms with van der Waals surface area (Å²) in [5.74, 6) is 1.22. The van der Waals surface area contributed by atoms with Gasteiger partial charge in [0.25, 0.3) is 0 Å². The average Bonchev–Trinajstić information content (AvgIpc) is 3.16. The van der Waals surface area contributed by atoms with Crippen molar-refractivity contribution in [3.63, 3.8) is 0 Å². The number of carbonyl (C=O) groups is 1. The quantitative estimate of drug-likeness (QED) is 0.590. The average molecular weight is 355 g/mol. The van der Waals surface area contributed by atoms with Crippen molar-refractivity contribution >= 4 is 18.0 Å². The lowest BCUT2D eigenvalue weighted by Crippen LogP contribution is -2.28. The van der Waals surface area contributed by atoms with Gasteiger partial charge in [0.05, 0.1) is 12.3 Å². The molecule has 0 aliphatic carbocycles. The van der Waals surface area contributed by atoms with Gasteiger partial charge in [0.15, 0.2) is 5.88 Å². The minimum Gasteiger partial charge on any atom is -0.440 e. The van der Waals surface area contributed by atoms with E-state index in [0.717, 1.165) is 24.5 Å². The molecule has 1 saturated heterocycles. The molecule has 26 heavy (non-hydrogen) atoms. The first-order chi connectivity index (χ1) is 12.7. The lowest BCUT2D eigenvalue weighted by atomic mass is 10.1. The number of carbonyl (C=O) groups excluding carboxylic acids is 1. The Morgan fingerprint density at radius 1 is 1.19 bits per heavy atom. The summed E-state index contributed by atoms with van der Waals surface area (Å²) in [7, 11) is 0. The summed E-state index contributed by atoms with van der Waals surface area (Å²) >= 11 is 0. The van der Waals surface area contributed by atoms with Gasteiger partial charge >= 0.3 is 0 Å². The zero-order valence-corrected chi connectivity index (χ0v) is 14.8. The Bertz CT molecular complexity index is 721. The van der Waals surface area contributed by atoms with Crippen molar-refractivity contribution < 1.29 is 14.3 Å². The number of nitrogens with one attached hydrogen (secondary N) is 1. The molecular weight excluding hydrogens is 330 g/mol. The van der Waals surface area contributed by atoms with E-state index in [1.54, 1.807) is 0 Å². The van der Waals surface area contributed by atoms with Gasteiger partial charge in [-0.25, -0.2) is 5.43 Å². The molecule has 0 saturated carbocycles. The van der Waals surface area contributed by atoms with Crippen LogP contribution in [0.2, 0.25) is 0 Å². The highest BCUT2D eigenvalue weighted by Crippen LogP contribution is 2.21. The maximum Gasteiger partial charge on any atom is 0.240 e. The maximum absolute atomic E-state index is 11.8. The molecule has 0 unspecified atom stereocenters. The molecule has 2 heterocycles. The number of hydrazone groups is 1.